The van der Waals surface area contributed by atoms with E-state index in [1.54, 1.807) is 12.1 Å². The Balaban J connectivity index is 1.97. The first-order valence-corrected chi connectivity index (χ1v) is 6.84. The van der Waals surface area contributed by atoms with Crippen molar-refractivity contribution in [2.24, 2.45) is 0 Å². The predicted molar refractivity (Wildman–Crippen MR) is 80.1 cm³/mol. The Kier molecular flexibility index (Phi) is 3.89. The molecule has 23 heavy (non-hydrogen) atoms. The van der Waals surface area contributed by atoms with Crippen molar-refractivity contribution >= 4 is 5.97 Å². The van der Waals surface area contributed by atoms with Crippen molar-refractivity contribution < 1.29 is 18.7 Å². The molecule has 0 aliphatic rings. The normalized spacial score (nSPS) is 10.7. The van der Waals surface area contributed by atoms with Gasteiger partial charge in [-0.1, -0.05) is 12.1 Å². The molecule has 3 rings (SSSR count). The SMILES string of the molecule is O=C(O)c1cc(-c2ccc(F)cc2)nn1Cc1ccc(F)cc1. The summed E-state index contributed by atoms with van der Waals surface area (Å²) < 4.78 is 27.3. The molecule has 2 aromatic carbocycles. The summed E-state index contributed by atoms with van der Waals surface area (Å²) in [5.74, 6) is -1.86. The number of carboxylic acids is 1. The van der Waals surface area contributed by atoms with Crippen LogP contribution in [0.25, 0.3) is 11.3 Å². The highest BCUT2D eigenvalue weighted by Crippen LogP contribution is 2.20. The van der Waals surface area contributed by atoms with Crippen molar-refractivity contribution in [2.45, 2.75) is 6.54 Å². The molecule has 6 heteroatoms. The van der Waals surface area contributed by atoms with Crippen molar-refractivity contribution in [1.82, 2.24) is 9.78 Å². The maximum absolute atomic E-state index is 13.0. The Labute approximate surface area is 130 Å². The number of benzene rings is 2. The van der Waals surface area contributed by atoms with Gasteiger partial charge in [-0.2, -0.15) is 5.10 Å². The highest BCUT2D eigenvalue weighted by molar-refractivity contribution is 5.87. The van der Waals surface area contributed by atoms with E-state index in [-0.39, 0.29) is 23.9 Å². The molecule has 1 aromatic heterocycles. The van der Waals surface area contributed by atoms with Gasteiger partial charge < -0.3 is 5.11 Å². The number of carboxylic acid groups (broad SMARTS) is 1. The lowest BCUT2D eigenvalue weighted by Crippen LogP contribution is -2.10. The van der Waals surface area contributed by atoms with Crippen LogP contribution in [0.15, 0.2) is 54.6 Å². The largest absolute Gasteiger partial charge is 0.477 e. The van der Waals surface area contributed by atoms with Gasteiger partial charge in [-0.3, -0.25) is 4.68 Å². The van der Waals surface area contributed by atoms with Crippen LogP contribution in [0.1, 0.15) is 16.1 Å². The van der Waals surface area contributed by atoms with Crippen LogP contribution < -0.4 is 0 Å². The summed E-state index contributed by atoms with van der Waals surface area (Å²) in [6.07, 6.45) is 0. The third kappa shape index (κ3) is 3.26. The summed E-state index contributed by atoms with van der Waals surface area (Å²) in [5, 5.41) is 13.6. The molecule has 1 N–H and O–H groups in total. The third-order valence-corrected chi connectivity index (χ3v) is 3.38. The molecule has 4 nitrogen and oxygen atoms in total. The zero-order valence-corrected chi connectivity index (χ0v) is 11.9. The summed E-state index contributed by atoms with van der Waals surface area (Å²) in [5.41, 5.74) is 1.78. The second-order valence-corrected chi connectivity index (χ2v) is 5.01. The van der Waals surface area contributed by atoms with Gasteiger partial charge in [-0.05, 0) is 48.0 Å². The Morgan fingerprint density at radius 2 is 1.57 bits per heavy atom. The molecule has 0 aliphatic carbocycles. The molecule has 3 aromatic rings. The monoisotopic (exact) mass is 314 g/mol. The van der Waals surface area contributed by atoms with Crippen LogP contribution in [-0.2, 0) is 6.54 Å². The first-order valence-electron chi connectivity index (χ1n) is 6.84. The van der Waals surface area contributed by atoms with Gasteiger partial charge in [0.1, 0.15) is 17.3 Å². The second-order valence-electron chi connectivity index (χ2n) is 5.01. The van der Waals surface area contributed by atoms with E-state index in [0.29, 0.717) is 11.3 Å². The van der Waals surface area contributed by atoms with Crippen LogP contribution >= 0.6 is 0 Å². The third-order valence-electron chi connectivity index (χ3n) is 3.38. The van der Waals surface area contributed by atoms with Crippen molar-refractivity contribution in [1.29, 1.82) is 0 Å². The molecule has 0 atom stereocenters. The maximum Gasteiger partial charge on any atom is 0.354 e. The van der Waals surface area contributed by atoms with Gasteiger partial charge in [0.05, 0.1) is 12.2 Å². The molecular formula is C17H12F2N2O2. The molecule has 0 saturated carbocycles. The minimum absolute atomic E-state index is 0.00801. The van der Waals surface area contributed by atoms with Gasteiger partial charge in [-0.25, -0.2) is 13.6 Å². The maximum atomic E-state index is 13.0. The van der Waals surface area contributed by atoms with Gasteiger partial charge in [0.2, 0.25) is 0 Å². The Hall–Kier alpha value is -3.02. The summed E-state index contributed by atoms with van der Waals surface area (Å²) in [6, 6.07) is 12.8. The number of hydrogen-bond donors (Lipinski definition) is 1. The summed E-state index contributed by atoms with van der Waals surface area (Å²) in [7, 11) is 0. The number of carbonyl (C=O) groups is 1. The van der Waals surface area contributed by atoms with E-state index in [1.807, 2.05) is 0 Å². The fraction of sp³-hybridized carbons (Fsp3) is 0.0588. The van der Waals surface area contributed by atoms with E-state index in [0.717, 1.165) is 5.56 Å². The van der Waals surface area contributed by atoms with Crippen molar-refractivity contribution in [3.05, 3.63) is 77.5 Å². The van der Waals surface area contributed by atoms with Gasteiger partial charge in [0.25, 0.3) is 0 Å². The first-order chi connectivity index (χ1) is 11.0. The first kappa shape index (κ1) is 14.9. The Morgan fingerprint density at radius 1 is 1.00 bits per heavy atom. The summed E-state index contributed by atoms with van der Waals surface area (Å²) >= 11 is 0. The van der Waals surface area contributed by atoms with Crippen LogP contribution in [0.5, 0.6) is 0 Å². The average Bonchev–Trinajstić information content (AvgIpc) is 2.94. The molecule has 0 fully saturated rings. The van der Waals surface area contributed by atoms with E-state index >= 15 is 0 Å². The lowest BCUT2D eigenvalue weighted by Gasteiger charge is -2.04. The molecular weight excluding hydrogens is 302 g/mol. The predicted octanol–water partition coefficient (Wildman–Crippen LogP) is 3.57. The van der Waals surface area contributed by atoms with E-state index in [9.17, 15) is 18.7 Å². The molecule has 0 aliphatic heterocycles. The molecule has 0 amide bonds. The van der Waals surface area contributed by atoms with E-state index in [2.05, 4.69) is 5.10 Å². The summed E-state index contributed by atoms with van der Waals surface area (Å²) in [6.45, 7) is 0.198. The van der Waals surface area contributed by atoms with Gasteiger partial charge >= 0.3 is 5.97 Å². The van der Waals surface area contributed by atoms with Crippen LogP contribution in [0, 0.1) is 11.6 Å². The lowest BCUT2D eigenvalue weighted by atomic mass is 10.1. The van der Waals surface area contributed by atoms with Crippen LogP contribution in [0.4, 0.5) is 8.78 Å². The van der Waals surface area contributed by atoms with Crippen LogP contribution in [0.3, 0.4) is 0 Å². The second kappa shape index (κ2) is 6.00. The fourth-order valence-electron chi connectivity index (χ4n) is 2.23. The summed E-state index contributed by atoms with van der Waals surface area (Å²) in [4.78, 5) is 11.4. The van der Waals surface area contributed by atoms with Crippen molar-refractivity contribution in [2.75, 3.05) is 0 Å². The molecule has 0 unspecified atom stereocenters. The smallest absolute Gasteiger partial charge is 0.354 e. The number of rotatable bonds is 4. The van der Waals surface area contributed by atoms with Gasteiger partial charge in [0, 0.05) is 5.56 Å². The molecule has 0 radical (unpaired) electrons. The highest BCUT2D eigenvalue weighted by atomic mass is 19.1. The Morgan fingerprint density at radius 3 is 2.13 bits per heavy atom. The minimum Gasteiger partial charge on any atom is -0.477 e. The quantitative estimate of drug-likeness (QED) is 0.801. The standard InChI is InChI=1S/C17H12F2N2O2/c18-13-5-1-11(2-6-13)10-21-16(17(22)23)9-15(20-21)12-3-7-14(19)8-4-12/h1-9H,10H2,(H,22,23). The highest BCUT2D eigenvalue weighted by Gasteiger charge is 2.15. The molecule has 0 saturated heterocycles. The van der Waals surface area contributed by atoms with Crippen LogP contribution in [0.2, 0.25) is 0 Å². The van der Waals surface area contributed by atoms with E-state index in [4.69, 9.17) is 0 Å². The topological polar surface area (TPSA) is 55.1 Å². The van der Waals surface area contributed by atoms with Gasteiger partial charge in [0.15, 0.2) is 0 Å². The average molecular weight is 314 g/mol. The van der Waals surface area contributed by atoms with Gasteiger partial charge in [-0.15, -0.1) is 0 Å². The molecule has 0 bridgehead atoms. The number of aromatic nitrogens is 2. The molecule has 1 heterocycles. The number of aromatic carboxylic acids is 1. The van der Waals surface area contributed by atoms with E-state index < -0.39 is 5.97 Å². The number of nitrogens with zero attached hydrogens (tertiary/aromatic N) is 2. The zero-order chi connectivity index (χ0) is 16.4. The number of hydrogen-bond acceptors (Lipinski definition) is 2. The molecule has 0 spiro atoms. The van der Waals surface area contributed by atoms with Crippen molar-refractivity contribution in [3.8, 4) is 11.3 Å². The Bertz CT molecular complexity index is 840. The van der Waals surface area contributed by atoms with Crippen LogP contribution in [-0.4, -0.2) is 20.9 Å². The lowest BCUT2D eigenvalue weighted by molar-refractivity contribution is 0.0684. The fourth-order valence-corrected chi connectivity index (χ4v) is 2.23. The number of halogens is 2. The van der Waals surface area contributed by atoms with Crippen molar-refractivity contribution in [3.63, 3.8) is 0 Å². The van der Waals surface area contributed by atoms with E-state index in [1.165, 1.54) is 47.1 Å². The minimum atomic E-state index is -1.12. The molecule has 116 valence electrons. The zero-order valence-electron chi connectivity index (χ0n) is 11.9.